The number of carbonyl (C=O) groups excluding carboxylic acids is 1. The second kappa shape index (κ2) is 6.81. The minimum absolute atomic E-state index is 0.0984. The van der Waals surface area contributed by atoms with Crippen LogP contribution < -0.4 is 5.32 Å². The zero-order valence-corrected chi connectivity index (χ0v) is 13.0. The predicted octanol–water partition coefficient (Wildman–Crippen LogP) is 1.30. The molecule has 1 saturated heterocycles. The molecule has 7 heteroatoms. The lowest BCUT2D eigenvalue weighted by Crippen LogP contribution is -2.59. The molecule has 1 saturated carbocycles. The fourth-order valence-electron chi connectivity index (χ4n) is 3.45. The van der Waals surface area contributed by atoms with Crippen molar-refractivity contribution in [2.24, 2.45) is 0 Å². The number of aromatic nitrogens is 2. The highest BCUT2D eigenvalue weighted by atomic mass is 32.1. The van der Waals surface area contributed by atoms with E-state index in [1.165, 1.54) is 25.5 Å². The molecular weight excluding hydrogens is 288 g/mol. The van der Waals surface area contributed by atoms with E-state index in [9.17, 15) is 4.79 Å². The SMILES string of the molecule is O=C(NCC1(N2CCOCC2)CCCCC1)c1cnsn1. The fraction of sp³-hybridized carbons (Fsp3) is 0.786. The predicted molar refractivity (Wildman–Crippen MR) is 80.5 cm³/mol. The Bertz CT molecular complexity index is 454. The zero-order chi connectivity index (χ0) is 14.5. The van der Waals surface area contributed by atoms with Gasteiger partial charge >= 0.3 is 0 Å². The van der Waals surface area contributed by atoms with Gasteiger partial charge in [-0.05, 0) is 12.8 Å². The maximum absolute atomic E-state index is 12.1. The van der Waals surface area contributed by atoms with E-state index in [2.05, 4.69) is 19.0 Å². The van der Waals surface area contributed by atoms with Crippen LogP contribution in [0.15, 0.2) is 6.20 Å². The molecule has 0 atom stereocenters. The summed E-state index contributed by atoms with van der Waals surface area (Å²) >= 11 is 1.07. The first-order valence-corrected chi connectivity index (χ1v) is 8.42. The van der Waals surface area contributed by atoms with Crippen LogP contribution in [0.3, 0.4) is 0 Å². The monoisotopic (exact) mass is 310 g/mol. The summed E-state index contributed by atoms with van der Waals surface area (Å²) < 4.78 is 13.4. The van der Waals surface area contributed by atoms with Crippen molar-refractivity contribution in [2.75, 3.05) is 32.8 Å². The average molecular weight is 310 g/mol. The Morgan fingerprint density at radius 2 is 2.10 bits per heavy atom. The van der Waals surface area contributed by atoms with Crippen molar-refractivity contribution < 1.29 is 9.53 Å². The van der Waals surface area contributed by atoms with E-state index in [1.54, 1.807) is 0 Å². The molecule has 6 nitrogen and oxygen atoms in total. The molecule has 2 heterocycles. The second-order valence-electron chi connectivity index (χ2n) is 5.86. The third-order valence-electron chi connectivity index (χ3n) is 4.64. The molecule has 1 aliphatic carbocycles. The molecule has 1 aromatic rings. The van der Waals surface area contributed by atoms with Gasteiger partial charge in [-0.15, -0.1) is 0 Å². The molecular formula is C14H22N4O2S. The third kappa shape index (κ3) is 3.41. The summed E-state index contributed by atoms with van der Waals surface area (Å²) in [5.41, 5.74) is 0.522. The Labute approximate surface area is 129 Å². The largest absolute Gasteiger partial charge is 0.379 e. The summed E-state index contributed by atoms with van der Waals surface area (Å²) in [6.45, 7) is 4.23. The lowest BCUT2D eigenvalue weighted by atomic mass is 9.79. The lowest BCUT2D eigenvalue weighted by Gasteiger charge is -2.48. The summed E-state index contributed by atoms with van der Waals surface area (Å²) in [6, 6.07) is 0. The van der Waals surface area contributed by atoms with Gasteiger partial charge in [-0.3, -0.25) is 9.69 Å². The van der Waals surface area contributed by atoms with Crippen LogP contribution in [0, 0.1) is 0 Å². The molecule has 2 fully saturated rings. The number of hydrogen-bond acceptors (Lipinski definition) is 6. The summed E-state index contributed by atoms with van der Waals surface area (Å²) in [5, 5.41) is 3.08. The first-order chi connectivity index (χ1) is 10.3. The molecule has 0 aromatic carbocycles. The standard InChI is InChI=1S/C14H22N4O2S/c19-13(12-10-16-21-17-12)15-11-14(4-2-1-3-5-14)18-6-8-20-9-7-18/h10H,1-9,11H2,(H,15,19). The first kappa shape index (κ1) is 14.9. The molecule has 116 valence electrons. The van der Waals surface area contributed by atoms with E-state index < -0.39 is 0 Å². The van der Waals surface area contributed by atoms with Gasteiger partial charge in [-0.2, -0.15) is 8.75 Å². The van der Waals surface area contributed by atoms with Gasteiger partial charge in [0, 0.05) is 25.2 Å². The molecule has 1 aromatic heterocycles. The number of amides is 1. The van der Waals surface area contributed by atoms with Crippen molar-refractivity contribution in [1.29, 1.82) is 0 Å². The Balaban J connectivity index is 1.65. The summed E-state index contributed by atoms with van der Waals surface area (Å²) in [6.07, 6.45) is 7.63. The fourth-order valence-corrected chi connectivity index (χ4v) is 3.86. The van der Waals surface area contributed by atoms with Crippen LogP contribution in [-0.2, 0) is 4.74 Å². The third-order valence-corrected chi connectivity index (χ3v) is 5.12. The Kier molecular flexibility index (Phi) is 4.82. The quantitative estimate of drug-likeness (QED) is 0.908. The smallest absolute Gasteiger partial charge is 0.272 e. The number of hydrogen-bond donors (Lipinski definition) is 1. The van der Waals surface area contributed by atoms with E-state index in [4.69, 9.17) is 4.74 Å². The first-order valence-electron chi connectivity index (χ1n) is 7.69. The number of ether oxygens (including phenoxy) is 1. The summed E-state index contributed by atoms with van der Waals surface area (Å²) in [5.74, 6) is -0.109. The van der Waals surface area contributed by atoms with Gasteiger partial charge in [-0.1, -0.05) is 19.3 Å². The van der Waals surface area contributed by atoms with Crippen molar-refractivity contribution >= 4 is 17.6 Å². The minimum Gasteiger partial charge on any atom is -0.379 e. The van der Waals surface area contributed by atoms with Crippen LogP contribution in [0.4, 0.5) is 0 Å². The normalized spacial score (nSPS) is 22.9. The summed E-state index contributed by atoms with van der Waals surface area (Å²) in [4.78, 5) is 14.6. The van der Waals surface area contributed by atoms with Crippen molar-refractivity contribution in [2.45, 2.75) is 37.6 Å². The van der Waals surface area contributed by atoms with E-state index in [-0.39, 0.29) is 11.4 Å². The lowest BCUT2D eigenvalue weighted by molar-refractivity contribution is -0.0361. The van der Waals surface area contributed by atoms with Crippen LogP contribution in [0.1, 0.15) is 42.6 Å². The van der Waals surface area contributed by atoms with Crippen molar-refractivity contribution in [3.63, 3.8) is 0 Å². The highest BCUT2D eigenvalue weighted by Gasteiger charge is 2.38. The Hall–Kier alpha value is -1.05. The Morgan fingerprint density at radius 1 is 1.33 bits per heavy atom. The van der Waals surface area contributed by atoms with Crippen molar-refractivity contribution in [1.82, 2.24) is 19.0 Å². The summed E-state index contributed by atoms with van der Waals surface area (Å²) in [7, 11) is 0. The highest BCUT2D eigenvalue weighted by Crippen LogP contribution is 2.33. The number of morpholine rings is 1. The topological polar surface area (TPSA) is 67.4 Å². The second-order valence-corrected chi connectivity index (χ2v) is 6.42. The van der Waals surface area contributed by atoms with Gasteiger partial charge in [0.1, 0.15) is 0 Å². The van der Waals surface area contributed by atoms with E-state index >= 15 is 0 Å². The van der Waals surface area contributed by atoms with Crippen LogP contribution in [-0.4, -0.2) is 57.9 Å². The molecule has 3 rings (SSSR count). The van der Waals surface area contributed by atoms with Gasteiger partial charge in [0.25, 0.3) is 5.91 Å². The van der Waals surface area contributed by atoms with E-state index in [0.717, 1.165) is 50.9 Å². The number of nitrogens with zero attached hydrogens (tertiary/aromatic N) is 3. The molecule has 1 amide bonds. The molecule has 1 N–H and O–H groups in total. The molecule has 1 aliphatic heterocycles. The van der Waals surface area contributed by atoms with Gasteiger partial charge in [-0.25, -0.2) is 0 Å². The number of rotatable bonds is 4. The Morgan fingerprint density at radius 3 is 2.76 bits per heavy atom. The number of carbonyl (C=O) groups is 1. The van der Waals surface area contributed by atoms with Crippen LogP contribution >= 0.6 is 11.7 Å². The molecule has 0 bridgehead atoms. The van der Waals surface area contributed by atoms with Gasteiger partial charge < -0.3 is 10.1 Å². The number of nitrogens with one attached hydrogen (secondary N) is 1. The van der Waals surface area contributed by atoms with E-state index in [1.807, 2.05) is 0 Å². The van der Waals surface area contributed by atoms with Gasteiger partial charge in [0.2, 0.25) is 0 Å². The van der Waals surface area contributed by atoms with Gasteiger partial charge in [0.15, 0.2) is 5.69 Å². The molecule has 21 heavy (non-hydrogen) atoms. The van der Waals surface area contributed by atoms with Crippen LogP contribution in [0.5, 0.6) is 0 Å². The minimum atomic E-state index is -0.109. The maximum Gasteiger partial charge on any atom is 0.272 e. The van der Waals surface area contributed by atoms with E-state index in [0.29, 0.717) is 12.2 Å². The van der Waals surface area contributed by atoms with Crippen molar-refractivity contribution in [3.8, 4) is 0 Å². The molecule has 0 spiro atoms. The average Bonchev–Trinajstić information content (AvgIpc) is 3.09. The molecule has 0 radical (unpaired) electrons. The van der Waals surface area contributed by atoms with Crippen molar-refractivity contribution in [3.05, 3.63) is 11.9 Å². The van der Waals surface area contributed by atoms with Gasteiger partial charge in [0.05, 0.1) is 31.1 Å². The molecule has 2 aliphatic rings. The van der Waals surface area contributed by atoms with Crippen LogP contribution in [0.2, 0.25) is 0 Å². The van der Waals surface area contributed by atoms with Crippen LogP contribution in [0.25, 0.3) is 0 Å². The maximum atomic E-state index is 12.1. The molecule has 0 unspecified atom stereocenters. The zero-order valence-electron chi connectivity index (χ0n) is 12.2. The highest BCUT2D eigenvalue weighted by molar-refractivity contribution is 6.99.